The number of nitrogens with one attached hydrogen (secondary N) is 1. The fourth-order valence-corrected chi connectivity index (χ4v) is 4.02. The molecule has 0 spiro atoms. The second kappa shape index (κ2) is 8.90. The highest BCUT2D eigenvalue weighted by atomic mass is 19.1. The van der Waals surface area contributed by atoms with Gasteiger partial charge in [0, 0.05) is 16.7 Å². The number of esters is 1. The highest BCUT2D eigenvalue weighted by Crippen LogP contribution is 2.33. The number of halogens is 1. The zero-order valence-corrected chi connectivity index (χ0v) is 18.9. The third-order valence-corrected chi connectivity index (χ3v) is 5.67. The number of benzene rings is 3. The van der Waals surface area contributed by atoms with Gasteiger partial charge in [0.2, 0.25) is 0 Å². The molecule has 0 aliphatic rings. The van der Waals surface area contributed by atoms with Gasteiger partial charge in [0.25, 0.3) is 0 Å². The first-order valence-corrected chi connectivity index (χ1v) is 10.6. The normalized spacial score (nSPS) is 11.9. The molecular formula is C27H24FNO4. The molecule has 33 heavy (non-hydrogen) atoms. The molecule has 0 bridgehead atoms. The molecule has 1 atom stereocenters. The summed E-state index contributed by atoms with van der Waals surface area (Å²) in [6.45, 7) is 5.52. The first-order valence-electron chi connectivity index (χ1n) is 10.6. The Bertz CT molecular complexity index is 1410. The standard InChI is InChI=1S/C27H24FNO4/c1-15-13-19(17(3)29-22-12-8-11-21(28)23(22)27(31)32-4)26-20(14-15)24(30)16(2)25(33-26)18-9-6-5-7-10-18/h5-14,17,29H,1-4H3/t17-/m1/s1. The number of aryl methyl sites for hydroxylation is 1. The van der Waals surface area contributed by atoms with Crippen LogP contribution >= 0.6 is 0 Å². The summed E-state index contributed by atoms with van der Waals surface area (Å²) in [5.74, 6) is -0.946. The van der Waals surface area contributed by atoms with Gasteiger partial charge in [-0.25, -0.2) is 9.18 Å². The second-order valence-electron chi connectivity index (χ2n) is 8.00. The molecule has 1 heterocycles. The third kappa shape index (κ3) is 4.12. The molecular weight excluding hydrogens is 421 g/mol. The van der Waals surface area contributed by atoms with Crippen molar-refractivity contribution in [1.82, 2.24) is 0 Å². The van der Waals surface area contributed by atoms with Crippen LogP contribution in [0.5, 0.6) is 0 Å². The van der Waals surface area contributed by atoms with E-state index in [1.54, 1.807) is 19.1 Å². The van der Waals surface area contributed by atoms with Crippen molar-refractivity contribution >= 4 is 22.6 Å². The SMILES string of the molecule is COC(=O)c1c(F)cccc1N[C@H](C)c1cc(C)cc2c(=O)c(C)c(-c3ccccc3)oc12. The molecule has 6 heteroatoms. The van der Waals surface area contributed by atoms with Gasteiger partial charge < -0.3 is 14.5 Å². The number of hydrogen-bond acceptors (Lipinski definition) is 5. The minimum absolute atomic E-state index is 0.103. The first-order chi connectivity index (χ1) is 15.8. The summed E-state index contributed by atoms with van der Waals surface area (Å²) < 4.78 is 25.5. The summed E-state index contributed by atoms with van der Waals surface area (Å²) in [6.07, 6.45) is 0. The minimum atomic E-state index is -0.773. The van der Waals surface area contributed by atoms with Gasteiger partial charge in [0.05, 0.1) is 24.2 Å². The van der Waals surface area contributed by atoms with Crippen molar-refractivity contribution in [2.45, 2.75) is 26.8 Å². The summed E-state index contributed by atoms with van der Waals surface area (Å²) in [5, 5.41) is 3.67. The molecule has 1 N–H and O–H groups in total. The predicted octanol–water partition coefficient (Wildman–Crippen LogP) is 6.18. The number of carbonyl (C=O) groups excluding carboxylic acids is 1. The van der Waals surface area contributed by atoms with E-state index in [1.165, 1.54) is 19.2 Å². The quantitative estimate of drug-likeness (QED) is 0.372. The maximum Gasteiger partial charge on any atom is 0.342 e. The van der Waals surface area contributed by atoms with Gasteiger partial charge in [-0.2, -0.15) is 0 Å². The molecule has 0 saturated carbocycles. The van der Waals surface area contributed by atoms with E-state index < -0.39 is 17.8 Å². The zero-order valence-electron chi connectivity index (χ0n) is 18.9. The van der Waals surface area contributed by atoms with Gasteiger partial charge >= 0.3 is 5.97 Å². The average Bonchev–Trinajstić information content (AvgIpc) is 2.81. The topological polar surface area (TPSA) is 68.5 Å². The van der Waals surface area contributed by atoms with Crippen molar-refractivity contribution in [3.8, 4) is 11.3 Å². The van der Waals surface area contributed by atoms with Gasteiger partial charge in [-0.1, -0.05) is 42.5 Å². The van der Waals surface area contributed by atoms with Crippen LogP contribution in [0.25, 0.3) is 22.3 Å². The largest absolute Gasteiger partial charge is 0.465 e. The number of rotatable bonds is 5. The van der Waals surface area contributed by atoms with E-state index in [-0.39, 0.29) is 11.0 Å². The lowest BCUT2D eigenvalue weighted by Crippen LogP contribution is -2.15. The molecule has 0 amide bonds. The Kier molecular flexibility index (Phi) is 6.01. The lowest BCUT2D eigenvalue weighted by molar-refractivity contribution is 0.0596. The van der Waals surface area contributed by atoms with Crippen LogP contribution in [-0.4, -0.2) is 13.1 Å². The first kappa shape index (κ1) is 22.3. The molecule has 5 nitrogen and oxygen atoms in total. The van der Waals surface area contributed by atoms with Gasteiger partial charge in [0.1, 0.15) is 22.7 Å². The van der Waals surface area contributed by atoms with E-state index in [9.17, 15) is 14.0 Å². The van der Waals surface area contributed by atoms with Gasteiger partial charge in [-0.3, -0.25) is 4.79 Å². The zero-order chi connectivity index (χ0) is 23.7. The number of ether oxygens (including phenoxy) is 1. The Hall–Kier alpha value is -3.93. The summed E-state index contributed by atoms with van der Waals surface area (Å²) in [6, 6.07) is 17.1. The molecule has 0 aliphatic heterocycles. The van der Waals surface area contributed by atoms with Crippen molar-refractivity contribution in [3.63, 3.8) is 0 Å². The van der Waals surface area contributed by atoms with Crippen molar-refractivity contribution < 1.29 is 18.3 Å². The van der Waals surface area contributed by atoms with Crippen molar-refractivity contribution in [3.05, 3.63) is 99.0 Å². The van der Waals surface area contributed by atoms with Crippen LogP contribution in [0, 0.1) is 19.7 Å². The van der Waals surface area contributed by atoms with E-state index in [2.05, 4.69) is 5.32 Å². The van der Waals surface area contributed by atoms with Gasteiger partial charge in [0.15, 0.2) is 5.43 Å². The van der Waals surface area contributed by atoms with Crippen LogP contribution in [0.15, 0.2) is 69.9 Å². The minimum Gasteiger partial charge on any atom is -0.465 e. The van der Waals surface area contributed by atoms with Crippen LogP contribution < -0.4 is 10.7 Å². The Morgan fingerprint density at radius 2 is 1.79 bits per heavy atom. The lowest BCUT2D eigenvalue weighted by atomic mass is 9.98. The molecule has 0 aliphatic carbocycles. The van der Waals surface area contributed by atoms with Crippen LogP contribution in [0.2, 0.25) is 0 Å². The molecule has 1 aromatic heterocycles. The van der Waals surface area contributed by atoms with E-state index in [4.69, 9.17) is 9.15 Å². The number of hydrogen-bond donors (Lipinski definition) is 1. The van der Waals surface area contributed by atoms with Gasteiger partial charge in [-0.15, -0.1) is 0 Å². The van der Waals surface area contributed by atoms with E-state index in [1.807, 2.05) is 50.2 Å². The van der Waals surface area contributed by atoms with Crippen LogP contribution in [0.1, 0.15) is 40.0 Å². The summed E-state index contributed by atoms with van der Waals surface area (Å²) in [5.41, 5.74) is 3.41. The van der Waals surface area contributed by atoms with Gasteiger partial charge in [-0.05, 0) is 44.5 Å². The predicted molar refractivity (Wildman–Crippen MR) is 127 cm³/mol. The smallest absolute Gasteiger partial charge is 0.342 e. The Labute approximate surface area is 190 Å². The summed E-state index contributed by atoms with van der Waals surface area (Å²) in [4.78, 5) is 25.4. The van der Waals surface area contributed by atoms with Crippen LogP contribution in [0.3, 0.4) is 0 Å². The van der Waals surface area contributed by atoms with E-state index in [0.29, 0.717) is 28.0 Å². The maximum atomic E-state index is 14.4. The Morgan fingerprint density at radius 1 is 1.06 bits per heavy atom. The summed E-state index contributed by atoms with van der Waals surface area (Å²) >= 11 is 0. The molecule has 4 aromatic rings. The number of anilines is 1. The average molecular weight is 445 g/mol. The lowest BCUT2D eigenvalue weighted by Gasteiger charge is -2.20. The molecule has 0 unspecified atom stereocenters. The maximum absolute atomic E-state index is 14.4. The van der Waals surface area contributed by atoms with Crippen LogP contribution in [-0.2, 0) is 4.74 Å². The van der Waals surface area contributed by atoms with Crippen molar-refractivity contribution in [1.29, 1.82) is 0 Å². The molecule has 168 valence electrons. The Morgan fingerprint density at radius 3 is 2.48 bits per heavy atom. The number of carbonyl (C=O) groups is 1. The molecule has 0 radical (unpaired) electrons. The molecule has 0 fully saturated rings. The van der Waals surface area contributed by atoms with E-state index >= 15 is 0 Å². The fourth-order valence-electron chi connectivity index (χ4n) is 4.02. The highest BCUT2D eigenvalue weighted by molar-refractivity contribution is 5.96. The monoisotopic (exact) mass is 445 g/mol. The summed E-state index contributed by atoms with van der Waals surface area (Å²) in [7, 11) is 1.21. The van der Waals surface area contributed by atoms with Crippen molar-refractivity contribution in [2.24, 2.45) is 0 Å². The molecule has 4 rings (SSSR count). The van der Waals surface area contributed by atoms with E-state index in [0.717, 1.165) is 16.7 Å². The third-order valence-electron chi connectivity index (χ3n) is 5.67. The molecule has 0 saturated heterocycles. The van der Waals surface area contributed by atoms with Crippen LogP contribution in [0.4, 0.5) is 10.1 Å². The second-order valence-corrected chi connectivity index (χ2v) is 8.00. The number of methoxy groups -OCH3 is 1. The van der Waals surface area contributed by atoms with Crippen molar-refractivity contribution in [2.75, 3.05) is 12.4 Å². The highest BCUT2D eigenvalue weighted by Gasteiger charge is 2.22. The fraction of sp³-hybridized carbons (Fsp3) is 0.185. The number of fused-ring (bicyclic) bond motifs is 1. The Balaban J connectivity index is 1.88. The molecule has 3 aromatic carbocycles.